The molecule has 0 saturated carbocycles. The van der Waals surface area contributed by atoms with Crippen LogP contribution in [0.1, 0.15) is 0 Å². The van der Waals surface area contributed by atoms with Crippen LogP contribution in [0.2, 0.25) is 0 Å². The molecule has 0 rings (SSSR count). The molecule has 0 aromatic rings. The molecule has 0 aliphatic heterocycles. The molecule has 0 atom stereocenters. The van der Waals surface area contributed by atoms with Crippen LogP contribution in [0, 0.1) is 0 Å². The summed E-state index contributed by atoms with van der Waals surface area (Å²) in [7, 11) is 0. The van der Waals surface area contributed by atoms with Crippen molar-refractivity contribution in [3.8, 4) is 0 Å². The summed E-state index contributed by atoms with van der Waals surface area (Å²) in [5.74, 6) is 0. The molecule has 2 N–H and O–H groups in total. The van der Waals surface area contributed by atoms with Crippen molar-refractivity contribution < 1.29 is 19.5 Å². The molecule has 1 nitrogen and oxygen atoms in total. The summed E-state index contributed by atoms with van der Waals surface area (Å²) in [4.78, 5) is 0. The number of thiol groups is 1. The van der Waals surface area contributed by atoms with E-state index in [1.807, 2.05) is 0 Å². The molecule has 0 spiro atoms. The van der Waals surface area contributed by atoms with Gasteiger partial charge >= 0.3 is 0 Å². The maximum absolute atomic E-state index is 4.71. The van der Waals surface area contributed by atoms with Gasteiger partial charge in [-0.1, -0.05) is 12.2 Å². The minimum absolute atomic E-state index is 0. The molecule has 4 heteroatoms. The Balaban J connectivity index is -0.0000000480. The molecular weight excluding hydrogens is 180 g/mol. The van der Waals surface area contributed by atoms with E-state index in [2.05, 4.69) is 38.0 Å². The van der Waals surface area contributed by atoms with Gasteiger partial charge in [0.15, 0.2) is 0 Å². The van der Waals surface area contributed by atoms with Crippen LogP contribution in [0.15, 0.2) is 13.2 Å². The average Bonchev–Trinajstić information content (AvgIpc) is 1.41. The third kappa shape index (κ3) is 384. The minimum atomic E-state index is 0. The second-order valence-corrected chi connectivity index (χ2v) is 1.56. The van der Waals surface area contributed by atoms with Gasteiger partial charge in [-0.15, -0.1) is 25.8 Å². The number of nitrogens with two attached hydrogens (primary N) is 1. The zero-order valence-corrected chi connectivity index (χ0v) is 8.73. The second-order valence-electron chi connectivity index (χ2n) is 0.338. The van der Waals surface area contributed by atoms with Crippen LogP contribution in [-0.2, 0) is 19.5 Å². The first kappa shape index (κ1) is 15.6. The topological polar surface area (TPSA) is 26.0 Å². The molecule has 0 aromatic carbocycles. The van der Waals surface area contributed by atoms with Crippen molar-refractivity contribution in [2.24, 2.45) is 5.73 Å². The van der Waals surface area contributed by atoms with Gasteiger partial charge in [0, 0.05) is 19.5 Å². The van der Waals surface area contributed by atoms with Crippen LogP contribution in [0.25, 0.3) is 0 Å². The van der Waals surface area contributed by atoms with E-state index in [0.717, 1.165) is 0 Å². The van der Waals surface area contributed by atoms with Crippen molar-refractivity contribution in [3.05, 3.63) is 13.2 Å². The summed E-state index contributed by atoms with van der Waals surface area (Å²) in [5.41, 5.74) is 4.71. The predicted molar refractivity (Wildman–Crippen MR) is 37.0 cm³/mol. The molecule has 7 heavy (non-hydrogen) atoms. The predicted octanol–water partition coefficient (Wildman–Crippen LogP) is 0.960. The van der Waals surface area contributed by atoms with Gasteiger partial charge in [0.2, 0.25) is 0 Å². The van der Waals surface area contributed by atoms with Crippen LogP contribution < -0.4 is 5.73 Å². The number of rotatable bonds is 0. The monoisotopic (exact) mass is 185 g/mol. The van der Waals surface area contributed by atoms with Crippen molar-refractivity contribution in [2.75, 3.05) is 0 Å². The van der Waals surface area contributed by atoms with E-state index in [4.69, 9.17) is 5.73 Å². The Morgan fingerprint density at radius 1 is 1.57 bits per heavy atom. The van der Waals surface area contributed by atoms with Gasteiger partial charge in [-0.2, -0.15) is 0 Å². The number of thiocarbonyl (C=S) groups is 1. The molecule has 0 bridgehead atoms. The third-order valence-corrected chi connectivity index (χ3v) is 0. The van der Waals surface area contributed by atoms with Gasteiger partial charge in [0.1, 0.15) is 4.32 Å². The average molecular weight is 187 g/mol. The van der Waals surface area contributed by atoms with Gasteiger partial charge in [-0.05, 0) is 0 Å². The maximum Gasteiger partial charge on any atom is 0.128 e. The summed E-state index contributed by atoms with van der Waals surface area (Å²) in [5, 5.41) is 0. The van der Waals surface area contributed by atoms with Crippen molar-refractivity contribution in [1.82, 2.24) is 0 Å². The first-order valence-electron chi connectivity index (χ1n) is 1.22. The van der Waals surface area contributed by atoms with Gasteiger partial charge in [0.25, 0.3) is 0 Å². The fourth-order valence-electron chi connectivity index (χ4n) is 0. The van der Waals surface area contributed by atoms with E-state index < -0.39 is 0 Å². The quantitative estimate of drug-likeness (QED) is 0.255. The molecule has 38 valence electrons. The van der Waals surface area contributed by atoms with Crippen LogP contribution in [-0.4, -0.2) is 4.32 Å². The summed E-state index contributed by atoms with van der Waals surface area (Å²) in [6, 6.07) is 0. The standard InChI is InChI=1S/C2H4.CH3NS2.Zn/c1-2;2-1(3)4;/h1-2H2;(H3,2,3,4);. The van der Waals surface area contributed by atoms with Gasteiger partial charge in [0.05, 0.1) is 0 Å². The maximum atomic E-state index is 4.71. The van der Waals surface area contributed by atoms with Crippen molar-refractivity contribution in [1.29, 1.82) is 0 Å². The molecule has 0 saturated heterocycles. The smallest absolute Gasteiger partial charge is 0.128 e. The third-order valence-electron chi connectivity index (χ3n) is 0. The van der Waals surface area contributed by atoms with Gasteiger partial charge in [-0.25, -0.2) is 0 Å². The number of hydrogen-bond acceptors (Lipinski definition) is 1. The molecule has 0 amide bonds. The fraction of sp³-hybridized carbons (Fsp3) is 0. The van der Waals surface area contributed by atoms with E-state index in [9.17, 15) is 0 Å². The largest absolute Gasteiger partial charge is 0.385 e. The molecule has 0 radical (unpaired) electrons. The van der Waals surface area contributed by atoms with Crippen molar-refractivity contribution in [2.45, 2.75) is 0 Å². The molecule has 0 aliphatic carbocycles. The minimum Gasteiger partial charge on any atom is -0.385 e. The van der Waals surface area contributed by atoms with Crippen LogP contribution in [0.4, 0.5) is 0 Å². The summed E-state index contributed by atoms with van der Waals surface area (Å²) in [6.07, 6.45) is 0. The molecule has 0 unspecified atom stereocenters. The summed E-state index contributed by atoms with van der Waals surface area (Å²) in [6.45, 7) is 6.00. The van der Waals surface area contributed by atoms with E-state index >= 15 is 0 Å². The van der Waals surface area contributed by atoms with E-state index in [0.29, 0.717) is 0 Å². The zero-order valence-electron chi connectivity index (χ0n) is 4.05. The second kappa shape index (κ2) is 16.0. The molecule has 0 aliphatic rings. The first-order chi connectivity index (χ1) is 2.73. The molecule has 0 aromatic heterocycles. The summed E-state index contributed by atoms with van der Waals surface area (Å²) < 4.78 is 0.194. The number of hydrogen-bond donors (Lipinski definition) is 2. The van der Waals surface area contributed by atoms with Gasteiger partial charge < -0.3 is 5.73 Å². The Hall–Kier alpha value is 0.603. The first-order valence-corrected chi connectivity index (χ1v) is 2.07. The Morgan fingerprint density at radius 3 is 1.57 bits per heavy atom. The molecule has 0 fully saturated rings. The fourth-order valence-corrected chi connectivity index (χ4v) is 0. The van der Waals surface area contributed by atoms with Crippen molar-refractivity contribution >= 4 is 29.2 Å². The van der Waals surface area contributed by atoms with Gasteiger partial charge in [-0.3, -0.25) is 0 Å². The van der Waals surface area contributed by atoms with E-state index in [1.54, 1.807) is 0 Å². The summed E-state index contributed by atoms with van der Waals surface area (Å²) >= 11 is 7.65. The molecule has 0 heterocycles. The van der Waals surface area contributed by atoms with Crippen LogP contribution >= 0.6 is 24.8 Å². The van der Waals surface area contributed by atoms with Crippen molar-refractivity contribution in [3.63, 3.8) is 0 Å². The van der Waals surface area contributed by atoms with Crippen LogP contribution in [0.3, 0.4) is 0 Å². The Bertz CT molecular complexity index is 44.2. The Labute approximate surface area is 67.5 Å². The van der Waals surface area contributed by atoms with E-state index in [1.165, 1.54) is 0 Å². The normalized spacial score (nSPS) is 4.14. The SMILES string of the molecule is C=C.NC(=S)S.[Zn]. The molecular formula is C3H7NS2Zn. The van der Waals surface area contributed by atoms with Crippen LogP contribution in [0.5, 0.6) is 0 Å². The Morgan fingerprint density at radius 2 is 1.57 bits per heavy atom. The Kier molecular flexibility index (Phi) is 35.7. The van der Waals surface area contributed by atoms with E-state index in [-0.39, 0.29) is 23.8 Å². The zero-order chi connectivity index (χ0) is 5.58.